The third kappa shape index (κ3) is 11.0. The van der Waals surface area contributed by atoms with Gasteiger partial charge in [0.25, 0.3) is 0 Å². The van der Waals surface area contributed by atoms with E-state index < -0.39 is 52.7 Å². The molecule has 1 aromatic carbocycles. The molecule has 0 radical (unpaired) electrons. The summed E-state index contributed by atoms with van der Waals surface area (Å²) >= 11 is 0. The third-order valence-corrected chi connectivity index (χ3v) is 23.3. The molecule has 15 heteroatoms. The Morgan fingerprint density at radius 1 is 1.01 bits per heavy atom. The number of hydrogen-bond acceptors (Lipinski definition) is 14. The van der Waals surface area contributed by atoms with Crippen LogP contribution in [0.3, 0.4) is 0 Å². The molecule has 10 aliphatic rings. The highest BCUT2D eigenvalue weighted by molar-refractivity contribution is 8.77. The fourth-order valence-electron chi connectivity index (χ4n) is 16.6. The number of rotatable bonds is 10. The average molecular weight is 1070 g/mol. The molecule has 5 heterocycles. The van der Waals surface area contributed by atoms with Crippen molar-refractivity contribution >= 4 is 39.4 Å². The maximum atomic E-state index is 15.8. The SMILES string of the molecule is CC(=O)O[C@H]1C[C@@H](OC(=O)[C@@]23CCCC[C@@H]2CCC(=O)N3)C2(CCNCC2)[C@H]2c3ccc(O)c4c3[C@@H](C[C@H]2C#CC[C@H]2C[C@](C)(O)CSS[C@@H]3C=C[C@@H](C[C@@H]21)[C@H](O)[C@@H]3NCCCC(C)C)[C@H](C1(CO)CCCC1)CO4. The first-order chi connectivity index (χ1) is 36.1. The molecule has 1 spiro atoms. The second kappa shape index (κ2) is 23.0. The smallest absolute Gasteiger partial charge is 0.332 e. The number of aliphatic hydroxyl groups excluding tert-OH is 2. The molecule has 7 N–H and O–H groups in total. The Kier molecular flexibility index (Phi) is 17.0. The minimum atomic E-state index is -1.19. The lowest BCUT2D eigenvalue weighted by atomic mass is 9.51. The fraction of sp³-hybridized carbons (Fsp3) is 0.783. The molecule has 11 rings (SSSR count). The molecule has 15 atom stereocenters. The average Bonchev–Trinajstić information content (AvgIpc) is 3.89. The van der Waals surface area contributed by atoms with Crippen molar-refractivity contribution in [2.45, 2.75) is 202 Å². The van der Waals surface area contributed by atoms with Gasteiger partial charge < -0.3 is 50.6 Å². The molecule has 5 aliphatic carbocycles. The minimum Gasteiger partial charge on any atom is -0.504 e. The second-order valence-electron chi connectivity index (χ2n) is 25.5. The van der Waals surface area contributed by atoms with E-state index in [-0.39, 0.29) is 82.8 Å². The van der Waals surface area contributed by atoms with Gasteiger partial charge in [0.2, 0.25) is 5.91 Å². The van der Waals surface area contributed by atoms with Crippen LogP contribution < -0.4 is 20.7 Å². The highest BCUT2D eigenvalue weighted by Crippen LogP contribution is 2.65. The van der Waals surface area contributed by atoms with Gasteiger partial charge in [-0.2, -0.15) is 0 Å². The Morgan fingerprint density at radius 3 is 2.56 bits per heavy atom. The summed E-state index contributed by atoms with van der Waals surface area (Å²) in [6.45, 7) is 10.3. The van der Waals surface area contributed by atoms with Crippen LogP contribution in [0.4, 0.5) is 0 Å². The summed E-state index contributed by atoms with van der Waals surface area (Å²) in [5, 5.41) is 58.8. The van der Waals surface area contributed by atoms with Gasteiger partial charge in [0.15, 0.2) is 11.5 Å². The van der Waals surface area contributed by atoms with Gasteiger partial charge in [-0.15, -0.1) is 5.92 Å². The van der Waals surface area contributed by atoms with E-state index in [0.717, 1.165) is 75.5 Å². The summed E-state index contributed by atoms with van der Waals surface area (Å²) in [6.07, 6.45) is 15.3. The second-order valence-corrected chi connectivity index (χ2v) is 28.1. The number of carbonyl (C=O) groups excluding carboxylic acids is 3. The van der Waals surface area contributed by atoms with Crippen LogP contribution in [0.1, 0.15) is 173 Å². The number of aromatic hydroxyl groups is 1. The number of piperidine rings is 2. The highest BCUT2D eigenvalue weighted by atomic mass is 33.1. The molecule has 5 aliphatic heterocycles. The molecule has 2 saturated carbocycles. The largest absolute Gasteiger partial charge is 0.504 e. The molecule has 5 fully saturated rings. The molecular formula is C60H87N3O10S2. The number of ether oxygens (including phenoxy) is 3. The molecule has 3 saturated heterocycles. The Labute approximate surface area is 454 Å². The van der Waals surface area contributed by atoms with Crippen molar-refractivity contribution in [3.63, 3.8) is 0 Å². The minimum absolute atomic E-state index is 0.00794. The van der Waals surface area contributed by atoms with Crippen molar-refractivity contribution < 1.29 is 49.0 Å². The topological polar surface area (TPSA) is 196 Å². The Hall–Kier alpha value is -2.97. The van der Waals surface area contributed by atoms with Gasteiger partial charge in [0.05, 0.1) is 23.6 Å². The van der Waals surface area contributed by atoms with Crippen molar-refractivity contribution in [1.82, 2.24) is 16.0 Å². The van der Waals surface area contributed by atoms with E-state index in [9.17, 15) is 30.0 Å². The van der Waals surface area contributed by atoms with Crippen LogP contribution in [-0.2, 0) is 23.9 Å². The summed E-state index contributed by atoms with van der Waals surface area (Å²) in [4.78, 5) is 43.2. The normalized spacial score (nSPS) is 39.0. The molecule has 2 bridgehead atoms. The number of hydrogen-bond donors (Lipinski definition) is 7. The number of phenols is 1. The number of amides is 1. The van der Waals surface area contributed by atoms with Crippen molar-refractivity contribution in [3.05, 3.63) is 35.4 Å². The highest BCUT2D eigenvalue weighted by Gasteiger charge is 2.61. The van der Waals surface area contributed by atoms with Crippen LogP contribution in [-0.4, -0.2) is 118 Å². The van der Waals surface area contributed by atoms with Gasteiger partial charge >= 0.3 is 11.9 Å². The first kappa shape index (κ1) is 55.3. The van der Waals surface area contributed by atoms with Crippen molar-refractivity contribution in [1.29, 1.82) is 0 Å². The summed E-state index contributed by atoms with van der Waals surface area (Å²) in [7, 11) is 3.33. The molecule has 13 nitrogen and oxygen atoms in total. The lowest BCUT2D eigenvalue weighted by Gasteiger charge is -2.56. The number of carbonyl (C=O) groups is 3. The monoisotopic (exact) mass is 1070 g/mol. The van der Waals surface area contributed by atoms with Crippen LogP contribution in [0.5, 0.6) is 11.5 Å². The first-order valence-electron chi connectivity index (χ1n) is 29.2. The zero-order chi connectivity index (χ0) is 52.7. The number of benzene rings is 1. The Balaban J connectivity index is 1.14. The third-order valence-electron chi connectivity index (χ3n) is 20.3. The predicted molar refractivity (Wildman–Crippen MR) is 293 cm³/mol. The molecule has 1 amide bonds. The van der Waals surface area contributed by atoms with E-state index >= 15 is 4.79 Å². The standard InChI is InChI=1S/C60H87N3O10S2/c1-36(2)11-10-26-62-53-48-19-15-39(54(53)68)30-43-40(32-57(4,70)35-74-75-48)13-9-12-38-29-44-45(58(34-64)21-7-8-22-58)33-71-55-46(66)18-17-42(51(44)55)52(38)59(24-27-61-28-25-59)49(31-47(43)72-37(3)65)73-56(69)60-23-6-5-14-41(60)16-20-50(67)63-60/h15,17-19,36,38-41,43-45,47-49,52-54,61-62,64,66,68,70H,5-8,10-11,13-14,16,20-35H2,1-4H3,(H,63,67)/t38-,39+,40+,41-,43+,44+,45-,47+,48-,49-,52-,53-,54+,57+,60-/m1/s1. The van der Waals surface area contributed by atoms with E-state index in [2.05, 4.69) is 59.9 Å². The van der Waals surface area contributed by atoms with Crippen LogP contribution in [0.2, 0.25) is 0 Å². The van der Waals surface area contributed by atoms with Crippen molar-refractivity contribution in [2.75, 3.05) is 38.6 Å². The van der Waals surface area contributed by atoms with E-state index in [1.54, 1.807) is 27.7 Å². The summed E-state index contributed by atoms with van der Waals surface area (Å²) in [6, 6.07) is 3.57. The number of fused-ring (bicyclic) bond motifs is 9. The number of phenolic OH excluding ortho intramolecular Hbond substituents is 1. The molecule has 414 valence electrons. The van der Waals surface area contributed by atoms with Gasteiger partial charge in [-0.05, 0) is 139 Å². The lowest BCUT2D eigenvalue weighted by molar-refractivity contribution is -0.183. The summed E-state index contributed by atoms with van der Waals surface area (Å²) < 4.78 is 20.8. The zero-order valence-electron chi connectivity index (χ0n) is 45.1. The molecular weight excluding hydrogens is 987 g/mol. The lowest BCUT2D eigenvalue weighted by Crippen LogP contribution is -2.65. The van der Waals surface area contributed by atoms with Gasteiger partial charge in [0, 0.05) is 90.6 Å². The van der Waals surface area contributed by atoms with Crippen molar-refractivity contribution in [3.8, 4) is 23.3 Å². The number of nitrogens with one attached hydrogen (secondary N) is 3. The van der Waals surface area contributed by atoms with E-state index in [1.807, 2.05) is 6.92 Å². The van der Waals surface area contributed by atoms with Crippen LogP contribution >= 0.6 is 21.6 Å². The molecule has 0 aromatic heterocycles. The number of esters is 2. The molecule has 1 aromatic rings. The van der Waals surface area contributed by atoms with Gasteiger partial charge in [0.1, 0.15) is 17.7 Å². The van der Waals surface area contributed by atoms with Crippen molar-refractivity contribution in [2.24, 2.45) is 52.3 Å². The fourth-order valence-corrected chi connectivity index (χ4v) is 19.7. The quantitative estimate of drug-likeness (QED) is 0.0388. The first-order valence-corrected chi connectivity index (χ1v) is 31.5. The van der Waals surface area contributed by atoms with Gasteiger partial charge in [-0.25, -0.2) is 4.79 Å². The Morgan fingerprint density at radius 2 is 1.80 bits per heavy atom. The van der Waals surface area contributed by atoms with Crippen LogP contribution in [0.15, 0.2) is 24.3 Å². The van der Waals surface area contributed by atoms with Crippen LogP contribution in [0.25, 0.3) is 0 Å². The van der Waals surface area contributed by atoms with E-state index in [0.29, 0.717) is 94.9 Å². The predicted octanol–water partition coefficient (Wildman–Crippen LogP) is 8.46. The number of aliphatic hydroxyl groups is 3. The maximum absolute atomic E-state index is 15.8. The Bertz CT molecular complexity index is 2320. The molecule has 0 unspecified atom stereocenters. The summed E-state index contributed by atoms with van der Waals surface area (Å²) in [5.74, 6) is 6.63. The van der Waals surface area contributed by atoms with E-state index in [1.165, 1.54) is 6.92 Å². The van der Waals surface area contributed by atoms with Gasteiger partial charge in [-0.1, -0.05) is 85.3 Å². The summed E-state index contributed by atoms with van der Waals surface area (Å²) in [5.41, 5.74) is -1.41. The van der Waals surface area contributed by atoms with Crippen LogP contribution in [0, 0.1) is 64.1 Å². The maximum Gasteiger partial charge on any atom is 0.332 e. The zero-order valence-corrected chi connectivity index (χ0v) is 46.8. The molecule has 75 heavy (non-hydrogen) atoms. The van der Waals surface area contributed by atoms with E-state index in [4.69, 9.17) is 14.2 Å². The van der Waals surface area contributed by atoms with Gasteiger partial charge in [-0.3, -0.25) is 9.59 Å².